The number of hydrogen-bond donors (Lipinski definition) is 0. The van der Waals surface area contributed by atoms with E-state index in [1.54, 1.807) is 0 Å². The highest BCUT2D eigenvalue weighted by atomic mass is 79.9. The molecule has 13 heavy (non-hydrogen) atoms. The number of carbonyl (C=O) groups excluding carboxylic acids is 1. The third-order valence-electron chi connectivity index (χ3n) is 2.32. The molecule has 0 saturated heterocycles. The van der Waals surface area contributed by atoms with Crippen molar-refractivity contribution in [1.82, 2.24) is 0 Å². The van der Waals surface area contributed by atoms with E-state index in [1.165, 1.54) is 12.8 Å². The van der Waals surface area contributed by atoms with Crippen LogP contribution < -0.4 is 0 Å². The largest absolute Gasteiger partial charge is 0.464 e. The summed E-state index contributed by atoms with van der Waals surface area (Å²) in [6.07, 6.45) is 5.24. The lowest BCUT2D eigenvalue weighted by Gasteiger charge is -2.07. The fourth-order valence-electron chi connectivity index (χ4n) is 1.10. The van der Waals surface area contributed by atoms with Crippen LogP contribution >= 0.6 is 15.9 Å². The Kier molecular flexibility index (Phi) is 4.78. The van der Waals surface area contributed by atoms with Gasteiger partial charge < -0.3 is 4.74 Å². The van der Waals surface area contributed by atoms with Gasteiger partial charge in [0.25, 0.3) is 0 Å². The van der Waals surface area contributed by atoms with Crippen LogP contribution in [0.3, 0.4) is 0 Å². The van der Waals surface area contributed by atoms with Gasteiger partial charge in [-0.1, -0.05) is 35.7 Å². The predicted octanol–water partition coefficient (Wildman–Crippen LogP) is 2.89. The molecular weight excluding hydrogens is 232 g/mol. The van der Waals surface area contributed by atoms with Gasteiger partial charge in [0.1, 0.15) is 6.61 Å². The Morgan fingerprint density at radius 1 is 1.62 bits per heavy atom. The van der Waals surface area contributed by atoms with Gasteiger partial charge in [-0.15, -0.1) is 0 Å². The first-order chi connectivity index (χ1) is 6.22. The molecule has 1 atom stereocenters. The zero-order valence-electron chi connectivity index (χ0n) is 8.09. The van der Waals surface area contributed by atoms with Gasteiger partial charge in [0.05, 0.1) is 0 Å². The zero-order valence-corrected chi connectivity index (χ0v) is 9.68. The molecule has 0 bridgehead atoms. The van der Waals surface area contributed by atoms with Crippen molar-refractivity contribution in [2.24, 2.45) is 5.92 Å². The van der Waals surface area contributed by atoms with Crippen LogP contribution in [0.5, 0.6) is 0 Å². The maximum atomic E-state index is 11.2. The number of ether oxygens (including phenoxy) is 1. The van der Waals surface area contributed by atoms with Crippen molar-refractivity contribution in [2.75, 3.05) is 6.61 Å². The second kappa shape index (κ2) is 5.63. The summed E-state index contributed by atoms with van der Waals surface area (Å²) in [6, 6.07) is 0. The van der Waals surface area contributed by atoms with Crippen molar-refractivity contribution in [3.63, 3.8) is 0 Å². The van der Waals surface area contributed by atoms with Crippen molar-refractivity contribution in [2.45, 2.75) is 43.9 Å². The summed E-state index contributed by atoms with van der Waals surface area (Å²) >= 11 is 3.42. The van der Waals surface area contributed by atoms with E-state index in [1.807, 2.05) is 0 Å². The number of hydrogen-bond acceptors (Lipinski definition) is 2. The number of carbonyl (C=O) groups is 1. The van der Waals surface area contributed by atoms with Crippen LogP contribution in [0.15, 0.2) is 0 Å². The number of alkyl halides is 1. The lowest BCUT2D eigenvalue weighted by atomic mass is 10.2. The van der Waals surface area contributed by atoms with Crippen molar-refractivity contribution < 1.29 is 9.53 Å². The summed E-state index contributed by atoms with van der Waals surface area (Å²) in [5, 5.41) is 0. The number of rotatable bonds is 6. The second-order valence-corrected chi connectivity index (χ2v) is 4.97. The Balaban J connectivity index is 1.96. The van der Waals surface area contributed by atoms with Crippen LogP contribution in [0.25, 0.3) is 0 Å². The fourth-order valence-corrected chi connectivity index (χ4v) is 1.23. The molecule has 1 unspecified atom stereocenters. The van der Waals surface area contributed by atoms with Gasteiger partial charge >= 0.3 is 5.97 Å². The van der Waals surface area contributed by atoms with E-state index in [2.05, 4.69) is 22.9 Å². The van der Waals surface area contributed by atoms with Gasteiger partial charge in [0.15, 0.2) is 0 Å². The van der Waals surface area contributed by atoms with Gasteiger partial charge in [-0.3, -0.25) is 4.79 Å². The summed E-state index contributed by atoms with van der Waals surface area (Å²) in [4.78, 5) is 11.5. The SMILES string of the molecule is CCC(Br)COC(=O)CCC1CC1. The van der Waals surface area contributed by atoms with E-state index in [9.17, 15) is 4.79 Å². The third-order valence-corrected chi connectivity index (χ3v) is 3.23. The summed E-state index contributed by atoms with van der Waals surface area (Å²) in [5.41, 5.74) is 0. The van der Waals surface area contributed by atoms with Crippen LogP contribution in [-0.4, -0.2) is 17.4 Å². The minimum absolute atomic E-state index is 0.0372. The monoisotopic (exact) mass is 248 g/mol. The van der Waals surface area contributed by atoms with E-state index in [0.29, 0.717) is 17.9 Å². The topological polar surface area (TPSA) is 26.3 Å². The molecule has 0 aromatic carbocycles. The molecule has 2 nitrogen and oxygen atoms in total. The molecule has 1 aliphatic carbocycles. The molecule has 0 aromatic heterocycles. The summed E-state index contributed by atoms with van der Waals surface area (Å²) in [6.45, 7) is 2.58. The van der Waals surface area contributed by atoms with Gasteiger partial charge in [-0.25, -0.2) is 0 Å². The van der Waals surface area contributed by atoms with Crippen molar-refractivity contribution in [3.8, 4) is 0 Å². The Hall–Kier alpha value is -0.0500. The van der Waals surface area contributed by atoms with Gasteiger partial charge in [0.2, 0.25) is 0 Å². The molecular formula is C10H17BrO2. The second-order valence-electron chi connectivity index (χ2n) is 3.67. The van der Waals surface area contributed by atoms with Crippen LogP contribution in [-0.2, 0) is 9.53 Å². The molecule has 0 N–H and O–H groups in total. The quantitative estimate of drug-likeness (QED) is 0.534. The summed E-state index contributed by atoms with van der Waals surface area (Å²) < 4.78 is 5.09. The number of esters is 1. The van der Waals surface area contributed by atoms with Crippen LogP contribution in [0.1, 0.15) is 39.0 Å². The van der Waals surface area contributed by atoms with E-state index in [0.717, 1.165) is 18.8 Å². The highest BCUT2D eigenvalue weighted by molar-refractivity contribution is 9.09. The zero-order chi connectivity index (χ0) is 9.68. The first-order valence-electron chi connectivity index (χ1n) is 5.02. The Labute approximate surface area is 88.2 Å². The van der Waals surface area contributed by atoms with E-state index < -0.39 is 0 Å². The smallest absolute Gasteiger partial charge is 0.305 e. The van der Waals surface area contributed by atoms with E-state index in [4.69, 9.17) is 4.74 Å². The predicted molar refractivity (Wildman–Crippen MR) is 55.9 cm³/mol. The fraction of sp³-hybridized carbons (Fsp3) is 0.900. The Morgan fingerprint density at radius 3 is 2.85 bits per heavy atom. The molecule has 0 heterocycles. The molecule has 0 aromatic rings. The summed E-state index contributed by atoms with van der Waals surface area (Å²) in [7, 11) is 0. The molecule has 0 spiro atoms. The minimum atomic E-state index is -0.0372. The highest BCUT2D eigenvalue weighted by Crippen LogP contribution is 2.33. The molecule has 3 heteroatoms. The van der Waals surface area contributed by atoms with Crippen LogP contribution in [0.2, 0.25) is 0 Å². The lowest BCUT2D eigenvalue weighted by Crippen LogP contribution is -2.12. The average Bonchev–Trinajstić information content (AvgIpc) is 2.94. The first kappa shape index (κ1) is 11.0. The molecule has 1 aliphatic rings. The first-order valence-corrected chi connectivity index (χ1v) is 5.93. The molecule has 0 radical (unpaired) electrons. The molecule has 1 rings (SSSR count). The molecule has 1 saturated carbocycles. The standard InChI is InChI=1S/C10H17BrO2/c1-2-9(11)7-13-10(12)6-5-8-3-4-8/h8-9H,2-7H2,1H3. The van der Waals surface area contributed by atoms with Crippen molar-refractivity contribution >= 4 is 21.9 Å². The Morgan fingerprint density at radius 2 is 2.31 bits per heavy atom. The Bertz CT molecular complexity index is 166. The van der Waals surface area contributed by atoms with Crippen LogP contribution in [0.4, 0.5) is 0 Å². The van der Waals surface area contributed by atoms with E-state index in [-0.39, 0.29) is 5.97 Å². The van der Waals surface area contributed by atoms with Gasteiger partial charge in [-0.2, -0.15) is 0 Å². The van der Waals surface area contributed by atoms with Crippen LogP contribution in [0, 0.1) is 5.92 Å². The van der Waals surface area contributed by atoms with Crippen molar-refractivity contribution in [1.29, 1.82) is 0 Å². The van der Waals surface area contributed by atoms with Gasteiger partial charge in [-0.05, 0) is 18.8 Å². The minimum Gasteiger partial charge on any atom is -0.464 e. The maximum absolute atomic E-state index is 11.2. The van der Waals surface area contributed by atoms with Crippen molar-refractivity contribution in [3.05, 3.63) is 0 Å². The average molecular weight is 249 g/mol. The highest BCUT2D eigenvalue weighted by Gasteiger charge is 2.22. The molecule has 0 amide bonds. The molecule has 1 fully saturated rings. The normalized spacial score (nSPS) is 18.3. The number of halogens is 1. The third kappa shape index (κ3) is 5.29. The maximum Gasteiger partial charge on any atom is 0.305 e. The molecule has 0 aliphatic heterocycles. The molecule has 76 valence electrons. The summed E-state index contributed by atoms with van der Waals surface area (Å²) in [5.74, 6) is 0.781. The lowest BCUT2D eigenvalue weighted by molar-refractivity contribution is -0.143. The van der Waals surface area contributed by atoms with Gasteiger partial charge in [0, 0.05) is 11.2 Å². The van der Waals surface area contributed by atoms with E-state index >= 15 is 0 Å².